The van der Waals surface area contributed by atoms with Crippen LogP contribution < -0.4 is 15.4 Å². The van der Waals surface area contributed by atoms with Gasteiger partial charge in [0.2, 0.25) is 5.91 Å². The van der Waals surface area contributed by atoms with Gasteiger partial charge in [0.1, 0.15) is 5.75 Å². The molecule has 8 heteroatoms. The molecule has 0 aromatic heterocycles. The van der Waals surface area contributed by atoms with Gasteiger partial charge in [0.05, 0.1) is 17.9 Å². The molecule has 3 aromatic rings. The second-order valence-electron chi connectivity index (χ2n) is 7.55. The summed E-state index contributed by atoms with van der Waals surface area (Å²) < 4.78 is 5.17. The number of aromatic carboxylic acids is 1. The monoisotopic (exact) mass is 478 g/mol. The minimum absolute atomic E-state index is 0.112. The molecule has 0 aliphatic rings. The van der Waals surface area contributed by atoms with Crippen molar-refractivity contribution in [1.29, 1.82) is 0 Å². The lowest BCUT2D eigenvalue weighted by Gasteiger charge is -2.17. The molecule has 0 bridgehead atoms. The van der Waals surface area contributed by atoms with Crippen LogP contribution in [0.2, 0.25) is 0 Å². The van der Waals surface area contributed by atoms with Crippen molar-refractivity contribution in [2.24, 2.45) is 0 Å². The molecule has 0 aliphatic carbocycles. The highest BCUT2D eigenvalue weighted by Gasteiger charge is 2.20. The van der Waals surface area contributed by atoms with Crippen molar-refractivity contribution in [3.8, 4) is 5.75 Å². The summed E-state index contributed by atoms with van der Waals surface area (Å²) in [5.74, 6) is -0.939. The van der Waals surface area contributed by atoms with E-state index in [-0.39, 0.29) is 17.4 Å². The summed E-state index contributed by atoms with van der Waals surface area (Å²) in [5, 5.41) is 14.5. The van der Waals surface area contributed by atoms with Gasteiger partial charge in [0, 0.05) is 21.8 Å². The molecule has 176 valence electrons. The van der Waals surface area contributed by atoms with Crippen molar-refractivity contribution in [1.82, 2.24) is 0 Å². The molecule has 3 aromatic carbocycles. The van der Waals surface area contributed by atoms with E-state index in [4.69, 9.17) is 4.74 Å². The maximum absolute atomic E-state index is 12.9. The van der Waals surface area contributed by atoms with E-state index in [0.717, 1.165) is 10.5 Å². The number of anilines is 2. The predicted molar refractivity (Wildman–Crippen MR) is 134 cm³/mol. The molecule has 0 radical (unpaired) electrons. The third kappa shape index (κ3) is 6.39. The van der Waals surface area contributed by atoms with Crippen LogP contribution in [0.15, 0.2) is 71.6 Å². The van der Waals surface area contributed by atoms with Crippen LogP contribution in [0.25, 0.3) is 0 Å². The topological polar surface area (TPSA) is 105 Å². The van der Waals surface area contributed by atoms with Gasteiger partial charge in [-0.25, -0.2) is 4.79 Å². The highest BCUT2D eigenvalue weighted by Crippen LogP contribution is 2.29. The Morgan fingerprint density at radius 2 is 1.74 bits per heavy atom. The first-order valence-corrected chi connectivity index (χ1v) is 11.6. The number of carboxylic acids is 1. The average molecular weight is 479 g/mol. The predicted octanol–water partition coefficient (Wildman–Crippen LogP) is 5.46. The first-order valence-electron chi connectivity index (χ1n) is 10.7. The molecule has 0 fully saturated rings. The number of ether oxygens (including phenoxy) is 1. The third-order valence-electron chi connectivity index (χ3n) is 5.11. The Hall–Kier alpha value is -3.78. The Labute approximate surface area is 202 Å². The lowest BCUT2D eigenvalue weighted by Crippen LogP contribution is -2.25. The van der Waals surface area contributed by atoms with Crippen LogP contribution in [0.5, 0.6) is 5.75 Å². The average Bonchev–Trinajstić information content (AvgIpc) is 2.83. The minimum Gasteiger partial charge on any atom is -0.497 e. The largest absolute Gasteiger partial charge is 0.497 e. The number of hydrogen-bond donors (Lipinski definition) is 3. The highest BCUT2D eigenvalue weighted by molar-refractivity contribution is 8.00. The molecule has 3 rings (SSSR count). The molecule has 1 atom stereocenters. The van der Waals surface area contributed by atoms with E-state index >= 15 is 0 Å². The smallest absolute Gasteiger partial charge is 0.335 e. The van der Waals surface area contributed by atoms with E-state index in [1.807, 2.05) is 32.0 Å². The molecule has 0 spiro atoms. The zero-order chi connectivity index (χ0) is 24.7. The molecule has 3 N–H and O–H groups in total. The maximum atomic E-state index is 12.9. The zero-order valence-corrected chi connectivity index (χ0v) is 19.9. The van der Waals surface area contributed by atoms with E-state index in [0.29, 0.717) is 29.1 Å². The van der Waals surface area contributed by atoms with Gasteiger partial charge >= 0.3 is 5.97 Å². The van der Waals surface area contributed by atoms with E-state index in [9.17, 15) is 19.5 Å². The fourth-order valence-electron chi connectivity index (χ4n) is 3.20. The Morgan fingerprint density at radius 3 is 2.44 bits per heavy atom. The lowest BCUT2D eigenvalue weighted by molar-refractivity contribution is -0.115. The Balaban J connectivity index is 1.70. The van der Waals surface area contributed by atoms with E-state index in [1.165, 1.54) is 23.9 Å². The summed E-state index contributed by atoms with van der Waals surface area (Å²) in [6.45, 7) is 3.72. The molecule has 7 nitrogen and oxygen atoms in total. The first-order chi connectivity index (χ1) is 16.3. The first kappa shape index (κ1) is 24.9. The number of rotatable bonds is 9. The standard InChI is InChI=1S/C26H26N2O5S/c1-4-23(25(30)28-22-14-18(26(31)32)12-11-16(22)2)34-21-10-6-8-19(15-21)27-24(29)17-7-5-9-20(13-17)33-3/h5-15,23H,4H2,1-3H3,(H,27,29)(H,28,30)(H,31,32). The van der Waals surface area contributed by atoms with Crippen molar-refractivity contribution >= 4 is 40.9 Å². The SMILES string of the molecule is CCC(Sc1cccc(NC(=O)c2cccc(OC)c2)c1)C(=O)Nc1cc(C(=O)O)ccc1C. The number of benzene rings is 3. The van der Waals surface area contributed by atoms with Gasteiger partial charge in [0.15, 0.2) is 0 Å². The summed E-state index contributed by atoms with van der Waals surface area (Å²) >= 11 is 1.38. The number of hydrogen-bond acceptors (Lipinski definition) is 5. The van der Waals surface area contributed by atoms with E-state index in [1.54, 1.807) is 43.5 Å². The number of thioether (sulfide) groups is 1. The Kier molecular flexibility index (Phi) is 8.32. The molecule has 0 saturated heterocycles. The Bertz CT molecular complexity index is 1210. The van der Waals surface area contributed by atoms with Gasteiger partial charge in [-0.3, -0.25) is 9.59 Å². The van der Waals surface area contributed by atoms with Crippen LogP contribution in [0.4, 0.5) is 11.4 Å². The van der Waals surface area contributed by atoms with Crippen molar-refractivity contribution < 1.29 is 24.2 Å². The van der Waals surface area contributed by atoms with Crippen molar-refractivity contribution in [3.63, 3.8) is 0 Å². The normalized spacial score (nSPS) is 11.4. The van der Waals surface area contributed by atoms with Gasteiger partial charge in [-0.2, -0.15) is 0 Å². The number of nitrogens with one attached hydrogen (secondary N) is 2. The van der Waals surface area contributed by atoms with E-state index < -0.39 is 11.2 Å². The summed E-state index contributed by atoms with van der Waals surface area (Å²) in [5.41, 5.74) is 2.45. The summed E-state index contributed by atoms with van der Waals surface area (Å²) in [7, 11) is 1.54. The second-order valence-corrected chi connectivity index (χ2v) is 8.83. The number of amides is 2. The third-order valence-corrected chi connectivity index (χ3v) is 6.47. The number of carboxylic acid groups (broad SMARTS) is 1. The van der Waals surface area contributed by atoms with Crippen molar-refractivity contribution in [3.05, 3.63) is 83.4 Å². The van der Waals surface area contributed by atoms with Crippen molar-refractivity contribution in [2.75, 3.05) is 17.7 Å². The fourth-order valence-corrected chi connectivity index (χ4v) is 4.22. The lowest BCUT2D eigenvalue weighted by atomic mass is 10.1. The summed E-state index contributed by atoms with van der Waals surface area (Å²) in [4.78, 5) is 37.6. The Morgan fingerprint density at radius 1 is 0.971 bits per heavy atom. The molecule has 2 amide bonds. The van der Waals surface area contributed by atoms with Crippen LogP contribution in [-0.4, -0.2) is 35.2 Å². The number of carbonyl (C=O) groups excluding carboxylic acids is 2. The van der Waals surface area contributed by atoms with Gasteiger partial charge in [0.25, 0.3) is 5.91 Å². The van der Waals surface area contributed by atoms with Crippen molar-refractivity contribution in [2.45, 2.75) is 30.4 Å². The number of carbonyl (C=O) groups is 3. The van der Waals surface area contributed by atoms with Gasteiger partial charge in [-0.15, -0.1) is 11.8 Å². The van der Waals surface area contributed by atoms with Crippen LogP contribution in [0.3, 0.4) is 0 Å². The molecule has 0 heterocycles. The fraction of sp³-hybridized carbons (Fsp3) is 0.192. The van der Waals surface area contributed by atoms with Crippen LogP contribution >= 0.6 is 11.8 Å². The van der Waals surface area contributed by atoms with Gasteiger partial charge in [-0.1, -0.05) is 25.1 Å². The van der Waals surface area contributed by atoms with Crippen LogP contribution in [0, 0.1) is 6.92 Å². The molecular weight excluding hydrogens is 452 g/mol. The number of methoxy groups -OCH3 is 1. The minimum atomic E-state index is -1.05. The quantitative estimate of drug-likeness (QED) is 0.353. The maximum Gasteiger partial charge on any atom is 0.335 e. The summed E-state index contributed by atoms with van der Waals surface area (Å²) in [6, 6.07) is 18.8. The molecular formula is C26H26N2O5S. The van der Waals surface area contributed by atoms with Crippen LogP contribution in [0.1, 0.15) is 39.6 Å². The molecule has 1 unspecified atom stereocenters. The number of aryl methyl sites for hydroxylation is 1. The second kappa shape index (κ2) is 11.4. The van der Waals surface area contributed by atoms with E-state index in [2.05, 4.69) is 10.6 Å². The van der Waals surface area contributed by atoms with Gasteiger partial charge < -0.3 is 20.5 Å². The zero-order valence-electron chi connectivity index (χ0n) is 19.1. The highest BCUT2D eigenvalue weighted by atomic mass is 32.2. The van der Waals surface area contributed by atoms with Gasteiger partial charge in [-0.05, 0) is 67.4 Å². The summed E-state index contributed by atoms with van der Waals surface area (Å²) in [6.07, 6.45) is 0.564. The molecule has 0 saturated carbocycles. The molecule has 0 aliphatic heterocycles. The molecule has 34 heavy (non-hydrogen) atoms. The van der Waals surface area contributed by atoms with Crippen LogP contribution in [-0.2, 0) is 4.79 Å².